The maximum atomic E-state index is 15.1. The molecule has 0 aliphatic carbocycles. The van der Waals surface area contributed by atoms with E-state index in [1.807, 2.05) is 0 Å². The number of halogens is 6. The number of carbonyl (C=O) groups excluding carboxylic acids is 1. The van der Waals surface area contributed by atoms with Gasteiger partial charge in [-0.3, -0.25) is 14.6 Å². The molecular formula is C31H26ClF5N4O5. The molecule has 2 aromatic heterocycles. The second kappa shape index (κ2) is 12.7. The van der Waals surface area contributed by atoms with E-state index in [4.69, 9.17) is 16.3 Å². The summed E-state index contributed by atoms with van der Waals surface area (Å²) in [5, 5.41) is 12.8. The van der Waals surface area contributed by atoms with E-state index < -0.39 is 59.6 Å². The number of aryl methyl sites for hydroxylation is 1. The zero-order chi connectivity index (χ0) is 33.5. The number of carboxylic acids is 1. The van der Waals surface area contributed by atoms with Gasteiger partial charge in [-0.2, -0.15) is 13.2 Å². The van der Waals surface area contributed by atoms with Crippen LogP contribution in [0.2, 0.25) is 5.02 Å². The van der Waals surface area contributed by atoms with Crippen LogP contribution in [0.15, 0.2) is 53.6 Å². The number of amides is 1. The van der Waals surface area contributed by atoms with Crippen molar-refractivity contribution in [3.63, 3.8) is 0 Å². The number of pyridine rings is 2. The zero-order valence-electron chi connectivity index (χ0n) is 24.3. The van der Waals surface area contributed by atoms with Gasteiger partial charge in [0, 0.05) is 49.0 Å². The molecule has 4 aromatic rings. The predicted octanol–water partition coefficient (Wildman–Crippen LogP) is 5.03. The fourth-order valence-electron chi connectivity index (χ4n) is 5.49. The Morgan fingerprint density at radius 3 is 2.54 bits per heavy atom. The Bertz CT molecular complexity index is 1890. The minimum absolute atomic E-state index is 0.112. The van der Waals surface area contributed by atoms with Gasteiger partial charge in [0.05, 0.1) is 29.3 Å². The zero-order valence-corrected chi connectivity index (χ0v) is 25.0. The van der Waals surface area contributed by atoms with E-state index in [0.717, 1.165) is 4.90 Å². The van der Waals surface area contributed by atoms with E-state index in [9.17, 15) is 32.7 Å². The second-order valence-corrected chi connectivity index (χ2v) is 11.2. The maximum Gasteiger partial charge on any atom is 0.411 e. The fourth-order valence-corrected chi connectivity index (χ4v) is 5.73. The molecule has 2 N–H and O–H groups in total. The van der Waals surface area contributed by atoms with Gasteiger partial charge in [-0.25, -0.2) is 13.6 Å². The molecule has 242 valence electrons. The molecule has 46 heavy (non-hydrogen) atoms. The minimum atomic E-state index is -4.75. The quantitative estimate of drug-likeness (QED) is 0.267. The number of hydrogen-bond acceptors (Lipinski definition) is 6. The number of nitrogens with zero attached hydrogens (tertiary/aromatic N) is 3. The number of nitrogens with one attached hydrogen (secondary N) is 1. The largest absolute Gasteiger partial charge is 0.480 e. The molecule has 3 heterocycles. The molecule has 1 aliphatic heterocycles. The van der Waals surface area contributed by atoms with Crippen LogP contribution in [-0.2, 0) is 23.0 Å². The summed E-state index contributed by atoms with van der Waals surface area (Å²) in [4.78, 5) is 43.4. The molecule has 1 aliphatic rings. The van der Waals surface area contributed by atoms with Gasteiger partial charge < -0.3 is 24.6 Å². The molecule has 2 atom stereocenters. The first-order valence-corrected chi connectivity index (χ1v) is 14.2. The Kier molecular flexibility index (Phi) is 9.05. The molecule has 1 amide bonds. The number of morpholine rings is 1. The van der Waals surface area contributed by atoms with E-state index in [0.29, 0.717) is 50.3 Å². The van der Waals surface area contributed by atoms with Crippen LogP contribution >= 0.6 is 11.6 Å². The number of rotatable bonds is 7. The Morgan fingerprint density at radius 2 is 1.89 bits per heavy atom. The van der Waals surface area contributed by atoms with Gasteiger partial charge in [0.1, 0.15) is 29.3 Å². The van der Waals surface area contributed by atoms with E-state index in [1.54, 1.807) is 38.2 Å². The number of carbonyl (C=O) groups is 2. The lowest BCUT2D eigenvalue weighted by molar-refractivity contribution is -0.167. The molecule has 15 heteroatoms. The van der Waals surface area contributed by atoms with Crippen molar-refractivity contribution >= 4 is 40.1 Å². The Morgan fingerprint density at radius 1 is 1.20 bits per heavy atom. The van der Waals surface area contributed by atoms with Crippen molar-refractivity contribution in [3.05, 3.63) is 92.5 Å². The highest BCUT2D eigenvalue weighted by molar-refractivity contribution is 6.31. The van der Waals surface area contributed by atoms with Crippen LogP contribution in [0.1, 0.15) is 21.5 Å². The first-order valence-electron chi connectivity index (χ1n) is 13.9. The topological polar surface area (TPSA) is 114 Å². The van der Waals surface area contributed by atoms with Crippen LogP contribution in [0.4, 0.5) is 27.6 Å². The summed E-state index contributed by atoms with van der Waals surface area (Å²) in [6, 6.07) is 3.71. The average Bonchev–Trinajstić information content (AvgIpc) is 2.99. The van der Waals surface area contributed by atoms with E-state index in [1.165, 1.54) is 17.0 Å². The van der Waals surface area contributed by atoms with Crippen LogP contribution in [0.5, 0.6) is 0 Å². The Labute approximate surface area is 263 Å². The first-order chi connectivity index (χ1) is 21.7. The molecule has 1 fully saturated rings. The molecule has 0 unspecified atom stereocenters. The molecule has 0 spiro atoms. The Balaban J connectivity index is 1.45. The highest BCUT2D eigenvalue weighted by Gasteiger charge is 2.46. The van der Waals surface area contributed by atoms with Gasteiger partial charge in [0.15, 0.2) is 0 Å². The highest BCUT2D eigenvalue weighted by atomic mass is 35.5. The lowest BCUT2D eigenvalue weighted by atomic mass is 9.94. The lowest BCUT2D eigenvalue weighted by Gasteiger charge is -2.38. The van der Waals surface area contributed by atoms with Crippen molar-refractivity contribution in [1.82, 2.24) is 14.9 Å². The van der Waals surface area contributed by atoms with Crippen molar-refractivity contribution in [1.29, 1.82) is 0 Å². The predicted molar refractivity (Wildman–Crippen MR) is 159 cm³/mol. The Hall–Kier alpha value is -4.56. The molecule has 5 rings (SSSR count). The lowest BCUT2D eigenvalue weighted by Crippen LogP contribution is -2.53. The third-order valence-electron chi connectivity index (χ3n) is 7.82. The number of aliphatic carboxylic acids is 1. The van der Waals surface area contributed by atoms with Gasteiger partial charge in [-0.15, -0.1) is 0 Å². The normalized spacial score (nSPS) is 16.0. The molecule has 0 saturated carbocycles. The van der Waals surface area contributed by atoms with E-state index >= 15 is 8.78 Å². The van der Waals surface area contributed by atoms with Crippen LogP contribution in [0.25, 0.3) is 22.0 Å². The maximum absolute atomic E-state index is 15.1. The van der Waals surface area contributed by atoms with E-state index in [-0.39, 0.29) is 25.1 Å². The highest BCUT2D eigenvalue weighted by Crippen LogP contribution is 2.34. The number of benzene rings is 2. The summed E-state index contributed by atoms with van der Waals surface area (Å²) in [5.74, 6) is -5.88. The third kappa shape index (κ3) is 6.27. The number of fused-ring (bicyclic) bond motifs is 1. The van der Waals surface area contributed by atoms with Gasteiger partial charge in [0.2, 0.25) is 0 Å². The molecule has 1 saturated heterocycles. The van der Waals surface area contributed by atoms with Gasteiger partial charge >= 0.3 is 12.1 Å². The summed E-state index contributed by atoms with van der Waals surface area (Å²) in [7, 11) is 1.54. The molecule has 2 aromatic carbocycles. The summed E-state index contributed by atoms with van der Waals surface area (Å²) in [6.07, 6.45) is -2.13. The van der Waals surface area contributed by atoms with Crippen LogP contribution < -0.4 is 15.8 Å². The van der Waals surface area contributed by atoms with Crippen LogP contribution in [-0.4, -0.2) is 64.6 Å². The van der Waals surface area contributed by atoms with E-state index in [2.05, 4.69) is 10.3 Å². The smallest absolute Gasteiger partial charge is 0.411 e. The van der Waals surface area contributed by atoms with Crippen molar-refractivity contribution < 1.29 is 41.4 Å². The summed E-state index contributed by atoms with van der Waals surface area (Å²) in [6.45, 7) is 0.523. The number of carboxylic acid groups (broad SMARTS) is 1. The molecule has 0 radical (unpaired) electrons. The van der Waals surface area contributed by atoms with Crippen molar-refractivity contribution in [3.8, 4) is 11.1 Å². The molecule has 9 nitrogen and oxygen atoms in total. The number of hydrogen-bond donors (Lipinski definition) is 2. The molecule has 0 bridgehead atoms. The van der Waals surface area contributed by atoms with Gasteiger partial charge in [-0.05, 0) is 36.2 Å². The third-order valence-corrected chi connectivity index (χ3v) is 8.20. The fraction of sp³-hybridized carbons (Fsp3) is 0.290. The standard InChI is InChI=1S/C31H26ClF5N4O5/c1-15-20(32)13-40(2)29(43)25(15)19-6-5-16(18-4-3-7-38-27(18)19)10-23(30(44)45)39-28(42)26-21(33)11-17(12-22(26)34)41-8-9-46-14-24(41)31(35,36)37/h3-7,11-13,23-24H,8-10,14H2,1-2H3,(H,39,42)(H,44,45)/t23-,24+/m0/s1. The van der Waals surface area contributed by atoms with Gasteiger partial charge in [0.25, 0.3) is 11.5 Å². The summed E-state index contributed by atoms with van der Waals surface area (Å²) >= 11 is 6.33. The summed E-state index contributed by atoms with van der Waals surface area (Å²) in [5.41, 5.74) is 0.0441. The minimum Gasteiger partial charge on any atom is -0.480 e. The number of aromatic nitrogens is 2. The second-order valence-electron chi connectivity index (χ2n) is 10.7. The number of ether oxygens (including phenoxy) is 1. The van der Waals surface area contributed by atoms with Crippen LogP contribution in [0, 0.1) is 18.6 Å². The van der Waals surface area contributed by atoms with Gasteiger partial charge in [-0.1, -0.05) is 29.8 Å². The van der Waals surface area contributed by atoms with Crippen molar-refractivity contribution in [2.75, 3.05) is 24.7 Å². The van der Waals surface area contributed by atoms with Crippen molar-refractivity contribution in [2.45, 2.75) is 31.6 Å². The van der Waals surface area contributed by atoms with Crippen molar-refractivity contribution in [2.24, 2.45) is 7.05 Å². The number of alkyl halides is 3. The van der Waals surface area contributed by atoms with Crippen LogP contribution in [0.3, 0.4) is 0 Å². The number of anilines is 1. The summed E-state index contributed by atoms with van der Waals surface area (Å²) < 4.78 is 77.0. The average molecular weight is 665 g/mol. The first kappa shape index (κ1) is 32.8. The molecular weight excluding hydrogens is 639 g/mol. The SMILES string of the molecule is Cc1c(Cl)cn(C)c(=O)c1-c1ccc(C[C@H](NC(=O)c2c(F)cc(N3CCOC[C@@H]3C(F)(F)F)cc2F)C(=O)O)c2cccnc12. The monoisotopic (exact) mass is 664 g/mol.